The van der Waals surface area contributed by atoms with Gasteiger partial charge in [0, 0.05) is 30.4 Å². The van der Waals surface area contributed by atoms with Gasteiger partial charge >= 0.3 is 0 Å². The van der Waals surface area contributed by atoms with Crippen molar-refractivity contribution >= 4 is 17.5 Å². The number of rotatable bonds is 7. The molecule has 0 saturated carbocycles. The minimum atomic E-state index is -0.203. The third-order valence-corrected chi connectivity index (χ3v) is 3.55. The molecule has 1 aromatic heterocycles. The standard InChI is InChI=1S/C20H25N3O3/c1-13(2)19(24)23-17-8-5-15(6-9-17)11-22-20(25)16-7-10-18(21-12-16)26-14(3)4/h5-10,12-14H,11H2,1-4H3,(H,22,25)(H,23,24). The van der Waals surface area contributed by atoms with Gasteiger partial charge in [0.05, 0.1) is 11.7 Å². The van der Waals surface area contributed by atoms with E-state index in [0.717, 1.165) is 11.3 Å². The van der Waals surface area contributed by atoms with Crippen molar-refractivity contribution in [3.63, 3.8) is 0 Å². The molecule has 2 N–H and O–H groups in total. The summed E-state index contributed by atoms with van der Waals surface area (Å²) < 4.78 is 5.46. The molecule has 2 amide bonds. The molecular formula is C20H25N3O3. The molecule has 0 fully saturated rings. The van der Waals surface area contributed by atoms with Crippen molar-refractivity contribution < 1.29 is 14.3 Å². The molecule has 6 heteroatoms. The van der Waals surface area contributed by atoms with Gasteiger partial charge in [0.15, 0.2) is 0 Å². The summed E-state index contributed by atoms with van der Waals surface area (Å²) in [5, 5.41) is 5.68. The molecule has 2 rings (SSSR count). The van der Waals surface area contributed by atoms with Crippen LogP contribution in [-0.2, 0) is 11.3 Å². The number of carbonyl (C=O) groups is 2. The predicted molar refractivity (Wildman–Crippen MR) is 101 cm³/mol. The number of nitrogens with zero attached hydrogens (tertiary/aromatic N) is 1. The van der Waals surface area contributed by atoms with Crippen LogP contribution in [0.15, 0.2) is 42.6 Å². The number of anilines is 1. The molecule has 0 radical (unpaired) electrons. The highest BCUT2D eigenvalue weighted by Crippen LogP contribution is 2.12. The Bertz CT molecular complexity index is 738. The van der Waals surface area contributed by atoms with Gasteiger partial charge in [0.2, 0.25) is 11.8 Å². The van der Waals surface area contributed by atoms with Crippen molar-refractivity contribution in [2.45, 2.75) is 40.3 Å². The van der Waals surface area contributed by atoms with E-state index < -0.39 is 0 Å². The van der Waals surface area contributed by atoms with Crippen molar-refractivity contribution in [2.24, 2.45) is 5.92 Å². The van der Waals surface area contributed by atoms with E-state index in [9.17, 15) is 9.59 Å². The lowest BCUT2D eigenvalue weighted by molar-refractivity contribution is -0.118. The predicted octanol–water partition coefficient (Wildman–Crippen LogP) is 3.39. The van der Waals surface area contributed by atoms with Crippen LogP contribution in [0.1, 0.15) is 43.6 Å². The Morgan fingerprint density at radius 2 is 1.73 bits per heavy atom. The lowest BCUT2D eigenvalue weighted by Crippen LogP contribution is -2.23. The molecular weight excluding hydrogens is 330 g/mol. The second kappa shape index (κ2) is 8.99. The fourth-order valence-electron chi connectivity index (χ4n) is 2.10. The van der Waals surface area contributed by atoms with Gasteiger partial charge in [0.25, 0.3) is 5.91 Å². The first kappa shape index (κ1) is 19.4. The number of hydrogen-bond acceptors (Lipinski definition) is 4. The van der Waals surface area contributed by atoms with Gasteiger partial charge in [-0.25, -0.2) is 4.98 Å². The summed E-state index contributed by atoms with van der Waals surface area (Å²) in [4.78, 5) is 28.0. The van der Waals surface area contributed by atoms with E-state index in [1.165, 1.54) is 6.20 Å². The van der Waals surface area contributed by atoms with Gasteiger partial charge in [-0.1, -0.05) is 26.0 Å². The molecule has 0 bridgehead atoms. The normalized spacial score (nSPS) is 10.7. The molecule has 0 unspecified atom stereocenters. The average molecular weight is 355 g/mol. The number of aromatic nitrogens is 1. The number of nitrogens with one attached hydrogen (secondary N) is 2. The van der Waals surface area contributed by atoms with E-state index >= 15 is 0 Å². The second-order valence-corrected chi connectivity index (χ2v) is 6.58. The van der Waals surface area contributed by atoms with Crippen LogP contribution < -0.4 is 15.4 Å². The van der Waals surface area contributed by atoms with Crippen LogP contribution in [0.5, 0.6) is 5.88 Å². The van der Waals surface area contributed by atoms with E-state index in [4.69, 9.17) is 4.74 Å². The van der Waals surface area contributed by atoms with E-state index in [-0.39, 0.29) is 23.8 Å². The number of hydrogen-bond donors (Lipinski definition) is 2. The summed E-state index contributed by atoms with van der Waals surface area (Å²) in [6.45, 7) is 7.91. The molecule has 2 aromatic rings. The van der Waals surface area contributed by atoms with Gasteiger partial charge in [-0.05, 0) is 37.6 Å². The summed E-state index contributed by atoms with van der Waals surface area (Å²) in [5.74, 6) is 0.199. The van der Waals surface area contributed by atoms with Crippen molar-refractivity contribution in [3.8, 4) is 5.88 Å². The minimum Gasteiger partial charge on any atom is -0.475 e. The van der Waals surface area contributed by atoms with Crippen LogP contribution in [0, 0.1) is 5.92 Å². The second-order valence-electron chi connectivity index (χ2n) is 6.58. The Morgan fingerprint density at radius 3 is 2.27 bits per heavy atom. The number of ether oxygens (including phenoxy) is 1. The van der Waals surface area contributed by atoms with E-state index in [1.54, 1.807) is 12.1 Å². The molecule has 0 saturated heterocycles. The Hall–Kier alpha value is -2.89. The summed E-state index contributed by atoms with van der Waals surface area (Å²) in [5.41, 5.74) is 2.15. The average Bonchev–Trinajstić information content (AvgIpc) is 2.61. The Kier molecular flexibility index (Phi) is 6.72. The van der Waals surface area contributed by atoms with Crippen molar-refractivity contribution in [2.75, 3.05) is 5.32 Å². The third kappa shape index (κ3) is 5.88. The van der Waals surface area contributed by atoms with Crippen LogP contribution in [0.2, 0.25) is 0 Å². The number of benzene rings is 1. The van der Waals surface area contributed by atoms with E-state index in [0.29, 0.717) is 18.0 Å². The lowest BCUT2D eigenvalue weighted by Gasteiger charge is -2.10. The Morgan fingerprint density at radius 1 is 1.04 bits per heavy atom. The zero-order valence-electron chi connectivity index (χ0n) is 15.6. The van der Waals surface area contributed by atoms with Gasteiger partial charge in [-0.3, -0.25) is 9.59 Å². The topological polar surface area (TPSA) is 80.3 Å². The van der Waals surface area contributed by atoms with Gasteiger partial charge in [-0.2, -0.15) is 0 Å². The number of amides is 2. The zero-order chi connectivity index (χ0) is 19.1. The Labute approximate surface area is 154 Å². The third-order valence-electron chi connectivity index (χ3n) is 3.55. The molecule has 138 valence electrons. The molecule has 0 aliphatic heterocycles. The minimum absolute atomic E-state index is 0.0246. The number of pyridine rings is 1. The van der Waals surface area contributed by atoms with Crippen LogP contribution in [-0.4, -0.2) is 22.9 Å². The summed E-state index contributed by atoms with van der Waals surface area (Å²) in [7, 11) is 0. The zero-order valence-corrected chi connectivity index (χ0v) is 15.6. The number of carbonyl (C=O) groups excluding carboxylic acids is 2. The maximum atomic E-state index is 12.2. The largest absolute Gasteiger partial charge is 0.475 e. The summed E-state index contributed by atoms with van der Waals surface area (Å²) in [6, 6.07) is 10.7. The van der Waals surface area contributed by atoms with Gasteiger partial charge < -0.3 is 15.4 Å². The monoisotopic (exact) mass is 355 g/mol. The highest BCUT2D eigenvalue weighted by atomic mass is 16.5. The first-order valence-corrected chi connectivity index (χ1v) is 8.66. The summed E-state index contributed by atoms with van der Waals surface area (Å²) >= 11 is 0. The molecule has 6 nitrogen and oxygen atoms in total. The summed E-state index contributed by atoms with van der Waals surface area (Å²) in [6.07, 6.45) is 1.54. The van der Waals surface area contributed by atoms with Gasteiger partial charge in [-0.15, -0.1) is 0 Å². The molecule has 0 spiro atoms. The van der Waals surface area contributed by atoms with Crippen LogP contribution >= 0.6 is 0 Å². The molecule has 1 aromatic carbocycles. The van der Waals surface area contributed by atoms with Crippen molar-refractivity contribution in [1.29, 1.82) is 0 Å². The fraction of sp³-hybridized carbons (Fsp3) is 0.350. The van der Waals surface area contributed by atoms with E-state index in [1.807, 2.05) is 52.0 Å². The maximum absolute atomic E-state index is 12.2. The highest BCUT2D eigenvalue weighted by Gasteiger charge is 2.09. The SMILES string of the molecule is CC(C)Oc1ccc(C(=O)NCc2ccc(NC(=O)C(C)C)cc2)cn1. The molecule has 1 heterocycles. The smallest absolute Gasteiger partial charge is 0.253 e. The van der Waals surface area contributed by atoms with Crippen molar-refractivity contribution in [1.82, 2.24) is 10.3 Å². The molecule has 26 heavy (non-hydrogen) atoms. The maximum Gasteiger partial charge on any atom is 0.253 e. The fourth-order valence-corrected chi connectivity index (χ4v) is 2.10. The van der Waals surface area contributed by atoms with Crippen LogP contribution in [0.4, 0.5) is 5.69 Å². The molecule has 0 aliphatic rings. The van der Waals surface area contributed by atoms with Crippen molar-refractivity contribution in [3.05, 3.63) is 53.7 Å². The Balaban J connectivity index is 1.87. The van der Waals surface area contributed by atoms with E-state index in [2.05, 4.69) is 15.6 Å². The lowest BCUT2D eigenvalue weighted by atomic mass is 10.1. The first-order valence-electron chi connectivity index (χ1n) is 8.66. The first-order chi connectivity index (χ1) is 12.3. The molecule has 0 aliphatic carbocycles. The molecule has 0 atom stereocenters. The van der Waals surface area contributed by atoms with Crippen LogP contribution in [0.25, 0.3) is 0 Å². The van der Waals surface area contributed by atoms with Gasteiger partial charge in [0.1, 0.15) is 0 Å². The van der Waals surface area contributed by atoms with Crippen LogP contribution in [0.3, 0.4) is 0 Å². The quantitative estimate of drug-likeness (QED) is 0.798. The highest BCUT2D eigenvalue weighted by molar-refractivity contribution is 5.94.